The molecule has 2 aromatic rings. The van der Waals surface area contributed by atoms with Gasteiger partial charge < -0.3 is 25.0 Å². The molecule has 1 aromatic carbocycles. The van der Waals surface area contributed by atoms with Crippen LogP contribution in [0.3, 0.4) is 0 Å². The summed E-state index contributed by atoms with van der Waals surface area (Å²) in [5.74, 6) is 3.19. The van der Waals surface area contributed by atoms with Gasteiger partial charge in [-0.1, -0.05) is 17.7 Å². The van der Waals surface area contributed by atoms with Crippen LogP contribution >= 0.6 is 11.6 Å². The van der Waals surface area contributed by atoms with E-state index in [9.17, 15) is 0 Å². The first kappa shape index (κ1) is 17.7. The fourth-order valence-electron chi connectivity index (χ4n) is 3.31. The van der Waals surface area contributed by atoms with Gasteiger partial charge in [-0.25, -0.2) is 4.98 Å². The maximum Gasteiger partial charge on any atom is 0.231 e. The van der Waals surface area contributed by atoms with E-state index in [1.165, 1.54) is 0 Å². The largest absolute Gasteiger partial charge is 0.454 e. The van der Waals surface area contributed by atoms with Crippen LogP contribution in [-0.2, 0) is 6.54 Å². The van der Waals surface area contributed by atoms with Crippen LogP contribution in [0.25, 0.3) is 0 Å². The molecule has 142 valence electrons. The number of nitrogens with one attached hydrogen (secondary N) is 2. The molecule has 2 N–H and O–H groups in total. The van der Waals surface area contributed by atoms with Crippen molar-refractivity contribution in [3.8, 4) is 11.5 Å². The number of anilines is 1. The van der Waals surface area contributed by atoms with Crippen molar-refractivity contribution in [2.75, 3.05) is 31.8 Å². The van der Waals surface area contributed by atoms with Gasteiger partial charge in [-0.15, -0.1) is 0 Å². The summed E-state index contributed by atoms with van der Waals surface area (Å²) in [6, 6.07) is 9.94. The van der Waals surface area contributed by atoms with E-state index in [2.05, 4.69) is 25.5 Å². The van der Waals surface area contributed by atoms with Gasteiger partial charge in [0.25, 0.3) is 0 Å². The molecule has 8 heteroatoms. The van der Waals surface area contributed by atoms with Gasteiger partial charge in [0, 0.05) is 38.9 Å². The molecule has 0 amide bonds. The Bertz CT molecular complexity index is 845. The number of guanidine groups is 1. The first-order chi connectivity index (χ1) is 13.2. The standard InChI is InChI=1S/C19H22ClN5O2/c1-21-19(23-10-13-4-5-16-17(9-13)27-12-26-16)24-14-6-8-25(11-14)18-15(20)3-2-7-22-18/h2-5,7,9,14H,6,8,10-12H2,1H3,(H2,21,23,24). The minimum atomic E-state index is 0.283. The number of rotatable bonds is 4. The Morgan fingerprint density at radius 1 is 1.33 bits per heavy atom. The Balaban J connectivity index is 1.31. The van der Waals surface area contributed by atoms with Crippen molar-refractivity contribution in [3.05, 3.63) is 47.1 Å². The zero-order valence-corrected chi connectivity index (χ0v) is 15.9. The van der Waals surface area contributed by atoms with Crippen LogP contribution in [-0.4, -0.2) is 43.9 Å². The molecule has 27 heavy (non-hydrogen) atoms. The van der Waals surface area contributed by atoms with Gasteiger partial charge in [-0.3, -0.25) is 4.99 Å². The summed E-state index contributed by atoms with van der Waals surface area (Å²) in [6.45, 7) is 2.68. The molecule has 3 heterocycles. The number of fused-ring (bicyclic) bond motifs is 1. The van der Waals surface area contributed by atoms with E-state index in [0.717, 1.165) is 48.4 Å². The number of benzene rings is 1. The fourth-order valence-corrected chi connectivity index (χ4v) is 3.55. The van der Waals surface area contributed by atoms with E-state index >= 15 is 0 Å². The number of hydrogen-bond acceptors (Lipinski definition) is 5. The normalized spacial score (nSPS) is 18.7. The number of halogens is 1. The van der Waals surface area contributed by atoms with Gasteiger partial charge in [0.05, 0.1) is 5.02 Å². The Labute approximate surface area is 163 Å². The lowest BCUT2D eigenvalue weighted by Crippen LogP contribution is -2.44. The van der Waals surface area contributed by atoms with Gasteiger partial charge in [0.15, 0.2) is 17.5 Å². The van der Waals surface area contributed by atoms with Crippen molar-refractivity contribution in [1.29, 1.82) is 0 Å². The molecule has 0 aliphatic carbocycles. The highest BCUT2D eigenvalue weighted by Crippen LogP contribution is 2.32. The molecule has 4 rings (SSSR count). The molecule has 1 unspecified atom stereocenters. The van der Waals surface area contributed by atoms with Gasteiger partial charge in [-0.2, -0.15) is 0 Å². The van der Waals surface area contributed by atoms with E-state index in [4.69, 9.17) is 21.1 Å². The van der Waals surface area contributed by atoms with Crippen molar-refractivity contribution >= 4 is 23.4 Å². The lowest BCUT2D eigenvalue weighted by molar-refractivity contribution is 0.174. The zero-order chi connectivity index (χ0) is 18.6. The van der Waals surface area contributed by atoms with Gasteiger partial charge in [0.2, 0.25) is 6.79 Å². The molecule has 0 bridgehead atoms. The highest BCUT2D eigenvalue weighted by Gasteiger charge is 2.25. The van der Waals surface area contributed by atoms with Crippen molar-refractivity contribution < 1.29 is 9.47 Å². The van der Waals surface area contributed by atoms with Crippen LogP contribution in [0, 0.1) is 0 Å². The average molecular weight is 388 g/mol. The van der Waals surface area contributed by atoms with Crippen LogP contribution in [0.5, 0.6) is 11.5 Å². The van der Waals surface area contributed by atoms with Crippen molar-refractivity contribution in [2.24, 2.45) is 4.99 Å². The third kappa shape index (κ3) is 4.03. The van der Waals surface area contributed by atoms with Crippen LogP contribution < -0.4 is 25.0 Å². The lowest BCUT2D eigenvalue weighted by atomic mass is 10.2. The minimum Gasteiger partial charge on any atom is -0.454 e. The number of nitrogens with zero attached hydrogens (tertiary/aromatic N) is 3. The summed E-state index contributed by atoms with van der Waals surface area (Å²) in [7, 11) is 1.78. The Hall–Kier alpha value is -2.67. The number of aliphatic imine (C=N–C) groups is 1. The van der Waals surface area contributed by atoms with Crippen LogP contribution in [0.4, 0.5) is 5.82 Å². The molecule has 1 fully saturated rings. The number of ether oxygens (including phenoxy) is 2. The molecule has 2 aliphatic heterocycles. The lowest BCUT2D eigenvalue weighted by Gasteiger charge is -2.20. The summed E-state index contributed by atoms with van der Waals surface area (Å²) >= 11 is 6.26. The highest BCUT2D eigenvalue weighted by atomic mass is 35.5. The van der Waals surface area contributed by atoms with Crippen molar-refractivity contribution in [1.82, 2.24) is 15.6 Å². The van der Waals surface area contributed by atoms with Crippen LogP contribution in [0.2, 0.25) is 5.02 Å². The molecule has 1 saturated heterocycles. The monoisotopic (exact) mass is 387 g/mol. The maximum atomic E-state index is 6.26. The van der Waals surface area contributed by atoms with E-state index in [1.807, 2.05) is 30.3 Å². The second-order valence-corrected chi connectivity index (χ2v) is 6.91. The van der Waals surface area contributed by atoms with E-state index < -0.39 is 0 Å². The zero-order valence-electron chi connectivity index (χ0n) is 15.1. The van der Waals surface area contributed by atoms with Gasteiger partial charge in [-0.05, 0) is 36.2 Å². The highest BCUT2D eigenvalue weighted by molar-refractivity contribution is 6.32. The topological polar surface area (TPSA) is 71.0 Å². The predicted octanol–water partition coefficient (Wildman–Crippen LogP) is 2.41. The first-order valence-corrected chi connectivity index (χ1v) is 9.32. The van der Waals surface area contributed by atoms with Gasteiger partial charge >= 0.3 is 0 Å². The Morgan fingerprint density at radius 2 is 2.22 bits per heavy atom. The third-order valence-electron chi connectivity index (χ3n) is 4.69. The molecule has 1 atom stereocenters. The number of hydrogen-bond donors (Lipinski definition) is 2. The Kier molecular flexibility index (Phi) is 5.20. The summed E-state index contributed by atoms with van der Waals surface area (Å²) in [6.07, 6.45) is 2.77. The quantitative estimate of drug-likeness (QED) is 0.620. The average Bonchev–Trinajstić information content (AvgIpc) is 3.34. The SMILES string of the molecule is CN=C(NCc1ccc2c(c1)OCO2)NC1CCN(c2ncccc2Cl)C1. The van der Waals surface area contributed by atoms with E-state index in [1.54, 1.807) is 13.2 Å². The van der Waals surface area contributed by atoms with Crippen LogP contribution in [0.15, 0.2) is 41.5 Å². The molecule has 1 aromatic heterocycles. The second kappa shape index (κ2) is 7.92. The van der Waals surface area contributed by atoms with Crippen LogP contribution in [0.1, 0.15) is 12.0 Å². The predicted molar refractivity (Wildman–Crippen MR) is 106 cm³/mol. The maximum absolute atomic E-state index is 6.26. The molecule has 7 nitrogen and oxygen atoms in total. The molecule has 0 spiro atoms. The molecular weight excluding hydrogens is 366 g/mol. The number of aromatic nitrogens is 1. The number of pyridine rings is 1. The first-order valence-electron chi connectivity index (χ1n) is 8.94. The molecule has 2 aliphatic rings. The molecule has 0 saturated carbocycles. The van der Waals surface area contributed by atoms with E-state index in [0.29, 0.717) is 11.6 Å². The summed E-state index contributed by atoms with van der Waals surface area (Å²) in [5, 5.41) is 7.51. The summed E-state index contributed by atoms with van der Waals surface area (Å²) in [4.78, 5) is 10.9. The van der Waals surface area contributed by atoms with Crippen molar-refractivity contribution in [2.45, 2.75) is 19.0 Å². The third-order valence-corrected chi connectivity index (χ3v) is 4.98. The molecular formula is C19H22ClN5O2. The summed E-state index contributed by atoms with van der Waals surface area (Å²) in [5.41, 5.74) is 1.11. The van der Waals surface area contributed by atoms with E-state index in [-0.39, 0.29) is 12.8 Å². The fraction of sp³-hybridized carbons (Fsp3) is 0.368. The minimum absolute atomic E-state index is 0.283. The van der Waals surface area contributed by atoms with Crippen molar-refractivity contribution in [3.63, 3.8) is 0 Å². The Morgan fingerprint density at radius 3 is 3.07 bits per heavy atom. The molecule has 0 radical (unpaired) electrons. The second-order valence-electron chi connectivity index (χ2n) is 6.50. The summed E-state index contributed by atoms with van der Waals surface area (Å²) < 4.78 is 10.8. The van der Waals surface area contributed by atoms with Gasteiger partial charge in [0.1, 0.15) is 5.82 Å². The smallest absolute Gasteiger partial charge is 0.231 e.